The number of halogens is 2. The number of nitrogens with one attached hydrogen (secondary N) is 1. The van der Waals surface area contributed by atoms with Crippen molar-refractivity contribution >= 4 is 21.6 Å². The summed E-state index contributed by atoms with van der Waals surface area (Å²) in [4.78, 5) is 20.0. The van der Waals surface area contributed by atoms with Gasteiger partial charge in [0, 0.05) is 17.5 Å². The second kappa shape index (κ2) is 8.47. The Balaban J connectivity index is 2.21. The van der Waals surface area contributed by atoms with Gasteiger partial charge < -0.3 is 11.1 Å². The SMILES string of the molecule is C=C(/C(F)=C(F)\C=C(/C)NC(=O)c1ccc(C)cn1)C1CS(=O)(=O)C(C)(C)C(N)=N1. The molecule has 1 aliphatic heterocycles. The number of pyridine rings is 1. The predicted molar refractivity (Wildman–Crippen MR) is 112 cm³/mol. The van der Waals surface area contributed by atoms with Crippen molar-refractivity contribution in [2.24, 2.45) is 10.7 Å². The minimum Gasteiger partial charge on any atom is -0.386 e. The summed E-state index contributed by atoms with van der Waals surface area (Å²) in [6.45, 7) is 9.41. The molecule has 0 radical (unpaired) electrons. The number of rotatable bonds is 5. The first-order valence-corrected chi connectivity index (χ1v) is 10.6. The van der Waals surface area contributed by atoms with Crippen LogP contribution in [0.2, 0.25) is 0 Å². The molecule has 1 aromatic rings. The second-order valence-electron chi connectivity index (χ2n) is 7.51. The zero-order chi connectivity index (χ0) is 22.9. The van der Waals surface area contributed by atoms with E-state index in [1.165, 1.54) is 33.0 Å². The molecule has 1 atom stereocenters. The van der Waals surface area contributed by atoms with Crippen LogP contribution in [-0.4, -0.2) is 41.7 Å². The molecular formula is C20H24F2N4O3S. The number of allylic oxidation sites excluding steroid dienone is 3. The first-order chi connectivity index (χ1) is 13.8. The van der Waals surface area contributed by atoms with Crippen LogP contribution < -0.4 is 11.1 Å². The van der Waals surface area contributed by atoms with Crippen molar-refractivity contribution in [2.45, 2.75) is 38.5 Å². The van der Waals surface area contributed by atoms with Crippen LogP contribution in [0.1, 0.15) is 36.8 Å². The Hall–Kier alpha value is -2.88. The van der Waals surface area contributed by atoms with Gasteiger partial charge in [0.2, 0.25) is 0 Å². The molecule has 0 saturated carbocycles. The standard InChI is InChI=1S/C20H24F2N4O3S/c1-11-6-7-15(24-9-11)18(27)25-12(2)8-14(21)17(22)13(3)16-10-30(28,29)20(4,5)19(23)26-16/h6-9,16H,3,10H2,1-2,4-5H3,(H2,23,26)(H,25,27)/b12-8+,17-14-. The monoisotopic (exact) mass is 438 g/mol. The van der Waals surface area contributed by atoms with Gasteiger partial charge in [0.05, 0.1) is 11.8 Å². The van der Waals surface area contributed by atoms with E-state index in [2.05, 4.69) is 21.9 Å². The molecule has 30 heavy (non-hydrogen) atoms. The fraction of sp³-hybridized carbons (Fsp3) is 0.350. The summed E-state index contributed by atoms with van der Waals surface area (Å²) in [5.41, 5.74) is 6.27. The summed E-state index contributed by atoms with van der Waals surface area (Å²) < 4.78 is 52.3. The summed E-state index contributed by atoms with van der Waals surface area (Å²) in [5, 5.41) is 2.40. The van der Waals surface area contributed by atoms with Crippen LogP contribution in [0.4, 0.5) is 8.78 Å². The van der Waals surface area contributed by atoms with Crippen molar-refractivity contribution in [3.8, 4) is 0 Å². The maximum absolute atomic E-state index is 14.5. The quantitative estimate of drug-likeness (QED) is 0.686. The summed E-state index contributed by atoms with van der Waals surface area (Å²) in [6.07, 6.45) is 2.27. The molecule has 162 valence electrons. The van der Waals surface area contributed by atoms with Gasteiger partial charge in [-0.05, 0) is 45.4 Å². The van der Waals surface area contributed by atoms with E-state index in [0.717, 1.165) is 11.6 Å². The first kappa shape index (κ1) is 23.4. The van der Waals surface area contributed by atoms with E-state index in [-0.39, 0.29) is 17.2 Å². The average Bonchev–Trinajstić information content (AvgIpc) is 2.65. The van der Waals surface area contributed by atoms with Crippen molar-refractivity contribution in [2.75, 3.05) is 5.75 Å². The molecule has 2 heterocycles. The maximum Gasteiger partial charge on any atom is 0.273 e. The Morgan fingerprint density at radius 1 is 1.37 bits per heavy atom. The van der Waals surface area contributed by atoms with E-state index in [9.17, 15) is 22.0 Å². The molecule has 2 rings (SSSR count). The predicted octanol–water partition coefficient (Wildman–Crippen LogP) is 2.66. The van der Waals surface area contributed by atoms with E-state index >= 15 is 0 Å². The van der Waals surface area contributed by atoms with E-state index in [1.807, 2.05) is 6.92 Å². The minimum absolute atomic E-state index is 0.0169. The molecule has 0 saturated heterocycles. The van der Waals surface area contributed by atoms with Gasteiger partial charge in [-0.3, -0.25) is 14.8 Å². The lowest BCUT2D eigenvalue weighted by molar-refractivity contribution is 0.0961. The molecule has 1 aliphatic rings. The third-order valence-corrected chi connectivity index (χ3v) is 7.28. The third-order valence-electron chi connectivity index (χ3n) is 4.76. The fourth-order valence-corrected chi connectivity index (χ4v) is 4.03. The van der Waals surface area contributed by atoms with Gasteiger partial charge in [-0.25, -0.2) is 17.2 Å². The molecule has 0 spiro atoms. The molecule has 7 nitrogen and oxygen atoms in total. The van der Waals surface area contributed by atoms with Crippen molar-refractivity contribution in [1.29, 1.82) is 0 Å². The molecule has 1 aromatic heterocycles. The number of amides is 1. The molecule has 0 aromatic carbocycles. The van der Waals surface area contributed by atoms with Gasteiger partial charge in [-0.1, -0.05) is 12.6 Å². The topological polar surface area (TPSA) is 115 Å². The van der Waals surface area contributed by atoms with Gasteiger partial charge >= 0.3 is 0 Å². The van der Waals surface area contributed by atoms with Crippen LogP contribution in [0, 0.1) is 6.92 Å². The zero-order valence-corrected chi connectivity index (χ0v) is 18.0. The number of nitrogens with two attached hydrogens (primary N) is 1. The zero-order valence-electron chi connectivity index (χ0n) is 17.2. The fourth-order valence-electron chi connectivity index (χ4n) is 2.55. The largest absolute Gasteiger partial charge is 0.386 e. The average molecular weight is 439 g/mol. The van der Waals surface area contributed by atoms with Crippen LogP contribution >= 0.6 is 0 Å². The molecule has 1 amide bonds. The maximum atomic E-state index is 14.5. The Bertz CT molecular complexity index is 1070. The number of carbonyl (C=O) groups is 1. The smallest absolute Gasteiger partial charge is 0.273 e. The summed E-state index contributed by atoms with van der Waals surface area (Å²) >= 11 is 0. The molecule has 3 N–H and O–H groups in total. The van der Waals surface area contributed by atoms with Crippen LogP contribution in [0.25, 0.3) is 0 Å². The number of carbonyl (C=O) groups excluding carboxylic acids is 1. The minimum atomic E-state index is -3.74. The number of sulfone groups is 1. The first-order valence-electron chi connectivity index (χ1n) is 8.99. The van der Waals surface area contributed by atoms with Gasteiger partial charge in [0.25, 0.3) is 5.91 Å². The van der Waals surface area contributed by atoms with Gasteiger partial charge in [-0.2, -0.15) is 0 Å². The van der Waals surface area contributed by atoms with E-state index in [4.69, 9.17) is 5.73 Å². The number of amidine groups is 1. The Morgan fingerprint density at radius 2 is 2.00 bits per heavy atom. The lowest BCUT2D eigenvalue weighted by Gasteiger charge is -2.32. The Kier molecular flexibility index (Phi) is 6.60. The second-order valence-corrected chi connectivity index (χ2v) is 10.1. The van der Waals surface area contributed by atoms with Crippen LogP contribution in [0.3, 0.4) is 0 Å². The molecule has 0 aliphatic carbocycles. The molecule has 1 unspecified atom stereocenters. The van der Waals surface area contributed by atoms with Crippen molar-refractivity contribution in [1.82, 2.24) is 10.3 Å². The number of aliphatic imine (C=N–C) groups is 1. The number of hydrogen-bond donors (Lipinski definition) is 2. The van der Waals surface area contributed by atoms with E-state index in [1.54, 1.807) is 6.07 Å². The van der Waals surface area contributed by atoms with Crippen LogP contribution in [0.5, 0.6) is 0 Å². The summed E-state index contributed by atoms with van der Waals surface area (Å²) in [5.74, 6) is -4.02. The van der Waals surface area contributed by atoms with E-state index in [0.29, 0.717) is 0 Å². The molecular weight excluding hydrogens is 414 g/mol. The number of aromatic nitrogens is 1. The Morgan fingerprint density at radius 3 is 2.53 bits per heavy atom. The molecule has 0 bridgehead atoms. The normalized spacial score (nSPS) is 21.3. The summed E-state index contributed by atoms with van der Waals surface area (Å²) in [6, 6.07) is 1.95. The van der Waals surface area contributed by atoms with Crippen LogP contribution in [-0.2, 0) is 9.84 Å². The third kappa shape index (κ3) is 4.81. The van der Waals surface area contributed by atoms with Crippen LogP contribution in [0.15, 0.2) is 58.9 Å². The van der Waals surface area contributed by atoms with Crippen molar-refractivity contribution < 1.29 is 22.0 Å². The highest BCUT2D eigenvalue weighted by Crippen LogP contribution is 2.30. The highest BCUT2D eigenvalue weighted by Gasteiger charge is 2.44. The number of nitrogens with zero attached hydrogens (tertiary/aromatic N) is 2. The van der Waals surface area contributed by atoms with Gasteiger partial charge in [0.15, 0.2) is 21.5 Å². The summed E-state index contributed by atoms with van der Waals surface area (Å²) in [7, 11) is -3.74. The molecule has 10 heteroatoms. The van der Waals surface area contributed by atoms with Gasteiger partial charge in [-0.15, -0.1) is 0 Å². The molecule has 0 fully saturated rings. The highest BCUT2D eigenvalue weighted by atomic mass is 32.2. The number of aryl methyl sites for hydroxylation is 1. The van der Waals surface area contributed by atoms with E-state index < -0.39 is 49.5 Å². The Labute approximate surface area is 174 Å². The van der Waals surface area contributed by atoms with Crippen molar-refractivity contribution in [3.63, 3.8) is 0 Å². The number of hydrogen-bond acceptors (Lipinski definition) is 6. The lowest BCUT2D eigenvalue weighted by atomic mass is 10.1. The van der Waals surface area contributed by atoms with Gasteiger partial charge in [0.1, 0.15) is 16.3 Å². The lowest BCUT2D eigenvalue weighted by Crippen LogP contribution is -2.52. The highest BCUT2D eigenvalue weighted by molar-refractivity contribution is 7.93. The van der Waals surface area contributed by atoms with Crippen molar-refractivity contribution in [3.05, 3.63) is 65.2 Å².